The lowest BCUT2D eigenvalue weighted by atomic mass is 9.82. The average Bonchev–Trinajstić information content (AvgIpc) is 2.51. The minimum Gasteiger partial charge on any atom is -0.463 e. The topological polar surface area (TPSA) is 66.2 Å². The number of anilines is 1. The Balaban J connectivity index is 2.43. The summed E-state index contributed by atoms with van der Waals surface area (Å²) < 4.78 is 5.99. The fourth-order valence-corrected chi connectivity index (χ4v) is 3.77. The van der Waals surface area contributed by atoms with Crippen molar-refractivity contribution in [3.63, 3.8) is 0 Å². The molecule has 0 saturated carbocycles. The summed E-state index contributed by atoms with van der Waals surface area (Å²) in [6.07, 6.45) is 2.15. The standard InChI is InChI=1S/C19H26BrN3O2/c1-12(2)25-16(24)10-14-13(3)22-15(11-21)17(20)18(14)23-8-6-19(4,5)7-9-23/h12H,6-10H2,1-5H3. The Hall–Kier alpha value is -1.61. The first kappa shape index (κ1) is 19.7. The highest BCUT2D eigenvalue weighted by Crippen LogP contribution is 2.39. The molecule has 1 fully saturated rings. The number of piperidine rings is 1. The Labute approximate surface area is 158 Å². The Morgan fingerprint density at radius 3 is 2.52 bits per heavy atom. The number of carbonyl (C=O) groups is 1. The maximum Gasteiger partial charge on any atom is 0.310 e. The monoisotopic (exact) mass is 407 g/mol. The molecule has 0 bridgehead atoms. The fraction of sp³-hybridized carbons (Fsp3) is 0.632. The number of halogens is 1. The van der Waals surface area contributed by atoms with Crippen LogP contribution < -0.4 is 4.90 Å². The van der Waals surface area contributed by atoms with Crippen LogP contribution in [-0.2, 0) is 16.0 Å². The third kappa shape index (κ3) is 4.72. The number of hydrogen-bond acceptors (Lipinski definition) is 5. The zero-order chi connectivity index (χ0) is 18.8. The van der Waals surface area contributed by atoms with Crippen molar-refractivity contribution in [2.45, 2.75) is 60.0 Å². The van der Waals surface area contributed by atoms with Gasteiger partial charge >= 0.3 is 5.97 Å². The third-order valence-corrected chi connectivity index (χ3v) is 5.40. The van der Waals surface area contributed by atoms with E-state index in [0.29, 0.717) is 21.3 Å². The maximum atomic E-state index is 12.2. The molecular formula is C19H26BrN3O2. The first-order valence-corrected chi connectivity index (χ1v) is 9.47. The summed E-state index contributed by atoms with van der Waals surface area (Å²) in [5.74, 6) is -0.268. The van der Waals surface area contributed by atoms with Gasteiger partial charge in [-0.15, -0.1) is 0 Å². The molecule has 0 N–H and O–H groups in total. The molecule has 0 aromatic carbocycles. The number of pyridine rings is 1. The number of nitriles is 1. The minimum atomic E-state index is -0.268. The normalized spacial score (nSPS) is 16.6. The van der Waals surface area contributed by atoms with E-state index < -0.39 is 0 Å². The van der Waals surface area contributed by atoms with Crippen LogP contribution in [0.15, 0.2) is 4.47 Å². The van der Waals surface area contributed by atoms with Crippen molar-refractivity contribution in [2.24, 2.45) is 5.41 Å². The molecule has 5 nitrogen and oxygen atoms in total. The molecule has 0 aliphatic carbocycles. The van der Waals surface area contributed by atoms with Crippen LogP contribution in [0.5, 0.6) is 0 Å². The quantitative estimate of drug-likeness (QED) is 0.701. The molecule has 2 heterocycles. The van der Waals surface area contributed by atoms with Crippen LogP contribution in [-0.4, -0.2) is 30.1 Å². The number of ether oxygens (including phenoxy) is 1. The van der Waals surface area contributed by atoms with Crippen molar-refractivity contribution in [1.82, 2.24) is 4.98 Å². The Bertz CT molecular complexity index is 698. The summed E-state index contributed by atoms with van der Waals surface area (Å²) in [6.45, 7) is 11.9. The molecule has 0 spiro atoms. The van der Waals surface area contributed by atoms with Gasteiger partial charge in [0, 0.05) is 24.3 Å². The lowest BCUT2D eigenvalue weighted by molar-refractivity contribution is -0.146. The van der Waals surface area contributed by atoms with Gasteiger partial charge in [0.05, 0.1) is 22.7 Å². The molecule has 0 atom stereocenters. The summed E-state index contributed by atoms with van der Waals surface area (Å²) >= 11 is 3.55. The lowest BCUT2D eigenvalue weighted by Gasteiger charge is -2.39. The van der Waals surface area contributed by atoms with E-state index in [1.165, 1.54) is 0 Å². The molecule has 6 heteroatoms. The first-order valence-electron chi connectivity index (χ1n) is 8.68. The summed E-state index contributed by atoms with van der Waals surface area (Å²) in [5.41, 5.74) is 3.15. The molecule has 1 aromatic heterocycles. The van der Waals surface area contributed by atoms with E-state index in [0.717, 1.165) is 37.2 Å². The van der Waals surface area contributed by atoms with Crippen molar-refractivity contribution in [1.29, 1.82) is 5.26 Å². The van der Waals surface area contributed by atoms with Crippen LogP contribution in [0.3, 0.4) is 0 Å². The summed E-state index contributed by atoms with van der Waals surface area (Å²) in [4.78, 5) is 18.9. The lowest BCUT2D eigenvalue weighted by Crippen LogP contribution is -2.38. The number of rotatable bonds is 4. The zero-order valence-corrected chi connectivity index (χ0v) is 17.2. The highest BCUT2D eigenvalue weighted by atomic mass is 79.9. The van der Waals surface area contributed by atoms with Crippen LogP contribution in [0.1, 0.15) is 57.5 Å². The van der Waals surface area contributed by atoms with E-state index in [1.807, 2.05) is 20.8 Å². The van der Waals surface area contributed by atoms with Crippen LogP contribution in [0.4, 0.5) is 5.69 Å². The van der Waals surface area contributed by atoms with Gasteiger partial charge in [-0.05, 0) is 55.0 Å². The number of carbonyl (C=O) groups excluding carboxylic acids is 1. The van der Waals surface area contributed by atoms with Gasteiger partial charge in [0.2, 0.25) is 0 Å². The highest BCUT2D eigenvalue weighted by Gasteiger charge is 2.30. The average molecular weight is 408 g/mol. The van der Waals surface area contributed by atoms with Crippen molar-refractivity contribution in [3.8, 4) is 6.07 Å². The Morgan fingerprint density at radius 1 is 1.40 bits per heavy atom. The second-order valence-corrected chi connectivity index (χ2v) is 8.46. The van der Waals surface area contributed by atoms with E-state index in [-0.39, 0.29) is 18.5 Å². The summed E-state index contributed by atoms with van der Waals surface area (Å²) in [5, 5.41) is 9.39. The number of aryl methyl sites for hydroxylation is 1. The minimum absolute atomic E-state index is 0.151. The van der Waals surface area contributed by atoms with Crippen molar-refractivity contribution < 1.29 is 9.53 Å². The molecule has 2 rings (SSSR count). The largest absolute Gasteiger partial charge is 0.463 e. The van der Waals surface area contributed by atoms with Crippen LogP contribution in [0.25, 0.3) is 0 Å². The molecule has 1 aliphatic rings. The first-order chi connectivity index (χ1) is 11.6. The molecule has 136 valence electrons. The predicted octanol–water partition coefficient (Wildman–Crippen LogP) is 4.14. The third-order valence-electron chi connectivity index (χ3n) is 4.65. The fourth-order valence-electron chi connectivity index (χ4n) is 3.10. The van der Waals surface area contributed by atoms with Gasteiger partial charge < -0.3 is 9.64 Å². The van der Waals surface area contributed by atoms with E-state index >= 15 is 0 Å². The van der Waals surface area contributed by atoms with Gasteiger partial charge in [0.1, 0.15) is 6.07 Å². The smallest absolute Gasteiger partial charge is 0.310 e. The number of nitrogens with zero attached hydrogens (tertiary/aromatic N) is 3. The van der Waals surface area contributed by atoms with Gasteiger partial charge in [-0.25, -0.2) is 4.98 Å². The second-order valence-electron chi connectivity index (χ2n) is 7.67. The van der Waals surface area contributed by atoms with Crippen molar-refractivity contribution in [2.75, 3.05) is 18.0 Å². The van der Waals surface area contributed by atoms with Gasteiger partial charge in [-0.3, -0.25) is 4.79 Å². The highest BCUT2D eigenvalue weighted by molar-refractivity contribution is 9.10. The van der Waals surface area contributed by atoms with Crippen molar-refractivity contribution in [3.05, 3.63) is 21.4 Å². The summed E-state index contributed by atoms with van der Waals surface area (Å²) in [7, 11) is 0. The molecular weight excluding hydrogens is 382 g/mol. The molecule has 0 radical (unpaired) electrons. The van der Waals surface area contributed by atoms with Gasteiger partial charge in [-0.1, -0.05) is 13.8 Å². The molecule has 1 aromatic rings. The number of aromatic nitrogens is 1. The summed E-state index contributed by atoms with van der Waals surface area (Å²) in [6, 6.07) is 2.14. The van der Waals surface area contributed by atoms with E-state index in [9.17, 15) is 10.1 Å². The van der Waals surface area contributed by atoms with Crippen molar-refractivity contribution >= 4 is 27.6 Å². The van der Waals surface area contributed by atoms with E-state index in [4.69, 9.17) is 4.74 Å². The van der Waals surface area contributed by atoms with Crippen LogP contribution in [0, 0.1) is 23.7 Å². The van der Waals surface area contributed by atoms with Gasteiger partial charge in [-0.2, -0.15) is 5.26 Å². The van der Waals surface area contributed by atoms with E-state index in [2.05, 4.69) is 45.7 Å². The van der Waals surface area contributed by atoms with E-state index in [1.54, 1.807) is 0 Å². The van der Waals surface area contributed by atoms with Crippen LogP contribution >= 0.6 is 15.9 Å². The SMILES string of the molecule is Cc1nc(C#N)c(Br)c(N2CCC(C)(C)CC2)c1CC(=O)OC(C)C. The number of esters is 1. The predicted molar refractivity (Wildman–Crippen MR) is 102 cm³/mol. The Morgan fingerprint density at radius 2 is 2.00 bits per heavy atom. The van der Waals surface area contributed by atoms with Gasteiger partial charge in [0.25, 0.3) is 0 Å². The molecule has 0 amide bonds. The molecule has 1 saturated heterocycles. The molecule has 1 aliphatic heterocycles. The zero-order valence-electron chi connectivity index (χ0n) is 15.6. The number of hydrogen-bond donors (Lipinski definition) is 0. The van der Waals surface area contributed by atoms with Gasteiger partial charge in [0.15, 0.2) is 5.69 Å². The molecule has 25 heavy (non-hydrogen) atoms. The molecule has 0 unspecified atom stereocenters. The second kappa shape index (κ2) is 7.74. The maximum absolute atomic E-state index is 12.2. The van der Waals surface area contributed by atoms with Crippen LogP contribution in [0.2, 0.25) is 0 Å². The Kier molecular flexibility index (Phi) is 6.10.